The molecule has 2 aromatic rings. The average molecular weight is 313 g/mol. The second-order valence-electron chi connectivity index (χ2n) is 5.45. The number of rotatable bonds is 2. The van der Waals surface area contributed by atoms with Gasteiger partial charge in [0.1, 0.15) is 0 Å². The Morgan fingerprint density at radius 2 is 2.05 bits per heavy atom. The zero-order valence-electron chi connectivity index (χ0n) is 12.7. The first kappa shape index (κ1) is 14.9. The third-order valence-electron chi connectivity index (χ3n) is 4.07. The van der Waals surface area contributed by atoms with E-state index in [1.807, 2.05) is 30.3 Å². The molecule has 0 N–H and O–H groups in total. The molecule has 0 radical (unpaired) electrons. The molecule has 0 spiro atoms. The zero-order valence-corrected chi connectivity index (χ0v) is 13.4. The van der Waals surface area contributed by atoms with Crippen molar-refractivity contribution in [3.63, 3.8) is 0 Å². The van der Waals surface area contributed by atoms with Gasteiger partial charge in [-0.1, -0.05) is 35.9 Å². The summed E-state index contributed by atoms with van der Waals surface area (Å²) < 4.78 is 4.83. The molecule has 2 aromatic carbocycles. The number of ether oxygens (including phenoxy) is 1. The van der Waals surface area contributed by atoms with Crippen LogP contribution in [-0.4, -0.2) is 13.1 Å². The predicted octanol–water partition coefficient (Wildman–Crippen LogP) is 4.81. The van der Waals surface area contributed by atoms with Gasteiger partial charge in [-0.15, -0.1) is 0 Å². The predicted molar refractivity (Wildman–Crippen MR) is 89.4 cm³/mol. The van der Waals surface area contributed by atoms with Crippen LogP contribution in [0, 0.1) is 6.92 Å². The van der Waals surface area contributed by atoms with E-state index in [1.165, 1.54) is 12.7 Å². The van der Waals surface area contributed by atoms with Crippen LogP contribution in [0.15, 0.2) is 42.5 Å². The maximum atomic E-state index is 11.8. The number of carbonyl (C=O) groups excluding carboxylic acids is 1. The normalized spacial score (nSPS) is 13.3. The molecule has 22 heavy (non-hydrogen) atoms. The van der Waals surface area contributed by atoms with Crippen molar-refractivity contribution < 1.29 is 9.53 Å². The third-order valence-corrected chi connectivity index (χ3v) is 4.39. The molecule has 0 fully saturated rings. The Labute approximate surface area is 135 Å². The van der Waals surface area contributed by atoms with E-state index in [2.05, 4.69) is 19.1 Å². The van der Waals surface area contributed by atoms with Crippen LogP contribution in [0.3, 0.4) is 0 Å². The van der Waals surface area contributed by atoms with Crippen LogP contribution in [0.4, 0.5) is 0 Å². The number of fused-ring (bicyclic) bond motifs is 1. The van der Waals surface area contributed by atoms with E-state index < -0.39 is 0 Å². The van der Waals surface area contributed by atoms with Crippen molar-refractivity contribution in [1.29, 1.82) is 0 Å². The number of allylic oxidation sites excluding steroid dienone is 1. The first-order valence-corrected chi connectivity index (χ1v) is 7.67. The Bertz CT molecular complexity index is 755. The maximum absolute atomic E-state index is 11.8. The molecule has 0 atom stereocenters. The van der Waals surface area contributed by atoms with E-state index >= 15 is 0 Å². The highest BCUT2D eigenvalue weighted by Gasteiger charge is 2.19. The van der Waals surface area contributed by atoms with E-state index in [0.29, 0.717) is 5.56 Å². The Morgan fingerprint density at radius 1 is 1.23 bits per heavy atom. The first-order valence-electron chi connectivity index (χ1n) is 7.29. The molecule has 3 heteroatoms. The molecule has 1 aliphatic carbocycles. The van der Waals surface area contributed by atoms with Crippen molar-refractivity contribution >= 4 is 23.1 Å². The van der Waals surface area contributed by atoms with Crippen LogP contribution in [0.25, 0.3) is 5.57 Å². The second kappa shape index (κ2) is 5.98. The third kappa shape index (κ3) is 2.55. The number of halogens is 1. The van der Waals surface area contributed by atoms with Crippen LogP contribution < -0.4 is 0 Å². The van der Waals surface area contributed by atoms with E-state index in [9.17, 15) is 4.79 Å². The van der Waals surface area contributed by atoms with Crippen LogP contribution in [0.2, 0.25) is 5.02 Å². The monoisotopic (exact) mass is 312 g/mol. The van der Waals surface area contributed by atoms with Gasteiger partial charge in [0, 0.05) is 10.6 Å². The van der Waals surface area contributed by atoms with Gasteiger partial charge in [0.2, 0.25) is 0 Å². The van der Waals surface area contributed by atoms with Crippen LogP contribution in [-0.2, 0) is 11.2 Å². The van der Waals surface area contributed by atoms with E-state index in [4.69, 9.17) is 16.3 Å². The van der Waals surface area contributed by atoms with Crippen molar-refractivity contribution in [1.82, 2.24) is 0 Å². The first-order chi connectivity index (χ1) is 10.6. The molecule has 0 saturated carbocycles. The lowest BCUT2D eigenvalue weighted by atomic mass is 9.84. The highest BCUT2D eigenvalue weighted by molar-refractivity contribution is 6.32. The van der Waals surface area contributed by atoms with Gasteiger partial charge in [0.15, 0.2) is 0 Å². The van der Waals surface area contributed by atoms with Crippen LogP contribution in [0.1, 0.15) is 39.0 Å². The van der Waals surface area contributed by atoms with Crippen LogP contribution >= 0.6 is 11.6 Å². The molecule has 0 aromatic heterocycles. The Kier molecular flexibility index (Phi) is 4.04. The number of benzene rings is 2. The van der Waals surface area contributed by atoms with Gasteiger partial charge in [-0.3, -0.25) is 0 Å². The molecule has 112 valence electrons. The molecule has 0 aliphatic heterocycles. The minimum Gasteiger partial charge on any atom is -0.465 e. The number of esters is 1. The van der Waals surface area contributed by atoms with E-state index in [-0.39, 0.29) is 5.97 Å². The summed E-state index contributed by atoms with van der Waals surface area (Å²) in [4.78, 5) is 11.8. The van der Waals surface area contributed by atoms with E-state index in [0.717, 1.165) is 40.1 Å². The van der Waals surface area contributed by atoms with Crippen LogP contribution in [0.5, 0.6) is 0 Å². The molecule has 3 rings (SSSR count). The van der Waals surface area contributed by atoms with Crippen molar-refractivity contribution in [3.05, 3.63) is 75.3 Å². The highest BCUT2D eigenvalue weighted by atomic mass is 35.5. The lowest BCUT2D eigenvalue weighted by Gasteiger charge is -2.21. The van der Waals surface area contributed by atoms with Gasteiger partial charge in [-0.05, 0) is 60.2 Å². The number of carbonyl (C=O) groups is 1. The number of hydrogen-bond acceptors (Lipinski definition) is 2. The molecule has 0 heterocycles. The molecular weight excluding hydrogens is 296 g/mol. The minimum absolute atomic E-state index is 0.316. The molecule has 0 saturated heterocycles. The molecule has 1 aliphatic rings. The summed E-state index contributed by atoms with van der Waals surface area (Å²) in [6.45, 7) is 2.06. The van der Waals surface area contributed by atoms with Gasteiger partial charge < -0.3 is 4.74 Å². The largest absolute Gasteiger partial charge is 0.465 e. The molecule has 2 nitrogen and oxygen atoms in total. The Morgan fingerprint density at radius 3 is 2.77 bits per heavy atom. The van der Waals surface area contributed by atoms with E-state index in [1.54, 1.807) is 0 Å². The molecule has 0 unspecified atom stereocenters. The maximum Gasteiger partial charge on any atom is 0.337 e. The quantitative estimate of drug-likeness (QED) is 0.744. The summed E-state index contributed by atoms with van der Waals surface area (Å²) in [7, 11) is 1.40. The fourth-order valence-corrected chi connectivity index (χ4v) is 3.31. The van der Waals surface area contributed by atoms with Gasteiger partial charge in [0.05, 0.1) is 12.7 Å². The number of methoxy groups -OCH3 is 1. The van der Waals surface area contributed by atoms with Crippen molar-refractivity contribution in [2.75, 3.05) is 7.11 Å². The fraction of sp³-hybridized carbons (Fsp3) is 0.211. The molecular formula is C19H17ClO2. The molecule has 0 bridgehead atoms. The van der Waals surface area contributed by atoms with Crippen molar-refractivity contribution in [2.45, 2.75) is 19.8 Å². The Hall–Kier alpha value is -2.06. The van der Waals surface area contributed by atoms with Gasteiger partial charge >= 0.3 is 5.97 Å². The lowest BCUT2D eigenvalue weighted by molar-refractivity contribution is 0.0600. The number of aryl methyl sites for hydroxylation is 2. The van der Waals surface area contributed by atoms with Crippen molar-refractivity contribution in [3.8, 4) is 0 Å². The second-order valence-corrected chi connectivity index (χ2v) is 5.86. The number of hydrogen-bond donors (Lipinski definition) is 0. The summed E-state index contributed by atoms with van der Waals surface area (Å²) in [6, 6.07) is 11.7. The summed E-state index contributed by atoms with van der Waals surface area (Å²) in [5.74, 6) is -0.316. The molecule has 0 amide bonds. The SMILES string of the molecule is COC(=O)c1ccc2c(c1)C(c1c(C)cccc1Cl)=CCC2. The zero-order chi connectivity index (χ0) is 15.7. The topological polar surface area (TPSA) is 26.3 Å². The minimum atomic E-state index is -0.316. The Balaban J connectivity index is 2.17. The average Bonchev–Trinajstić information content (AvgIpc) is 2.53. The van der Waals surface area contributed by atoms with Gasteiger partial charge in [-0.2, -0.15) is 0 Å². The summed E-state index contributed by atoms with van der Waals surface area (Å²) >= 11 is 6.43. The summed E-state index contributed by atoms with van der Waals surface area (Å²) in [6.07, 6.45) is 4.16. The smallest absolute Gasteiger partial charge is 0.337 e. The van der Waals surface area contributed by atoms with Crippen molar-refractivity contribution in [2.24, 2.45) is 0 Å². The summed E-state index contributed by atoms with van der Waals surface area (Å²) in [5.41, 5.74) is 6.17. The highest BCUT2D eigenvalue weighted by Crippen LogP contribution is 2.37. The van der Waals surface area contributed by atoms with Gasteiger partial charge in [0.25, 0.3) is 0 Å². The fourth-order valence-electron chi connectivity index (χ4n) is 2.98. The summed E-state index contributed by atoms with van der Waals surface area (Å²) in [5, 5.41) is 0.738. The standard InChI is InChI=1S/C19H17ClO2/c1-12-5-3-8-17(20)18(12)15-7-4-6-13-9-10-14(11-16(13)15)19(21)22-2/h3,5,7-11H,4,6H2,1-2H3. The van der Waals surface area contributed by atoms with Gasteiger partial charge in [-0.25, -0.2) is 4.79 Å². The lowest BCUT2D eigenvalue weighted by Crippen LogP contribution is -2.07.